The molecule has 0 aliphatic rings. The van der Waals surface area contributed by atoms with Crippen LogP contribution >= 0.6 is 0 Å². The first-order valence-corrected chi connectivity index (χ1v) is 3.50. The standard InChI is InChI=1S/C8H5F3N2O/c1-14-6-4-13-3-5(2-12)7(6)8(9,10)11/h3-4H,1H3. The largest absolute Gasteiger partial charge is 0.494 e. The summed E-state index contributed by atoms with van der Waals surface area (Å²) in [5, 5.41) is 8.46. The third-order valence-electron chi connectivity index (χ3n) is 1.54. The number of alkyl halides is 3. The van der Waals surface area contributed by atoms with Crippen molar-refractivity contribution >= 4 is 0 Å². The van der Waals surface area contributed by atoms with Crippen molar-refractivity contribution in [2.24, 2.45) is 0 Å². The molecule has 3 nitrogen and oxygen atoms in total. The minimum absolute atomic E-state index is 0.448. The van der Waals surface area contributed by atoms with E-state index in [-0.39, 0.29) is 0 Å². The van der Waals surface area contributed by atoms with E-state index < -0.39 is 23.1 Å². The van der Waals surface area contributed by atoms with Crippen molar-refractivity contribution in [1.82, 2.24) is 4.98 Å². The summed E-state index contributed by atoms with van der Waals surface area (Å²) in [5.74, 6) is -0.448. The molecule has 0 spiro atoms. The van der Waals surface area contributed by atoms with Crippen molar-refractivity contribution in [1.29, 1.82) is 5.26 Å². The Morgan fingerprint density at radius 1 is 1.43 bits per heavy atom. The molecule has 0 bridgehead atoms. The molecule has 14 heavy (non-hydrogen) atoms. The highest BCUT2D eigenvalue weighted by Crippen LogP contribution is 2.37. The number of ether oxygens (including phenoxy) is 1. The molecule has 0 saturated carbocycles. The molecule has 0 N–H and O–H groups in total. The van der Waals surface area contributed by atoms with Gasteiger partial charge in [0.1, 0.15) is 11.6 Å². The first kappa shape index (κ1) is 10.3. The van der Waals surface area contributed by atoms with Gasteiger partial charge in [-0.2, -0.15) is 18.4 Å². The van der Waals surface area contributed by atoms with Gasteiger partial charge in [0.15, 0.2) is 5.75 Å². The number of pyridine rings is 1. The Morgan fingerprint density at radius 3 is 2.50 bits per heavy atom. The lowest BCUT2D eigenvalue weighted by molar-refractivity contribution is -0.139. The van der Waals surface area contributed by atoms with Gasteiger partial charge in [-0.3, -0.25) is 4.98 Å². The molecule has 0 aliphatic heterocycles. The minimum Gasteiger partial charge on any atom is -0.494 e. The Bertz CT molecular complexity index is 381. The van der Waals surface area contributed by atoms with Crippen LogP contribution in [0.2, 0.25) is 0 Å². The Morgan fingerprint density at radius 2 is 2.07 bits per heavy atom. The Kier molecular flexibility index (Phi) is 2.60. The van der Waals surface area contributed by atoms with Crippen molar-refractivity contribution in [3.63, 3.8) is 0 Å². The molecule has 0 atom stereocenters. The molecule has 0 fully saturated rings. The first-order valence-electron chi connectivity index (χ1n) is 3.50. The molecule has 1 aromatic heterocycles. The molecule has 1 aromatic rings. The van der Waals surface area contributed by atoms with Crippen molar-refractivity contribution in [3.8, 4) is 11.8 Å². The molecular weight excluding hydrogens is 197 g/mol. The fraction of sp³-hybridized carbons (Fsp3) is 0.250. The second-order valence-electron chi connectivity index (χ2n) is 2.37. The number of methoxy groups -OCH3 is 1. The van der Waals surface area contributed by atoms with E-state index in [0.717, 1.165) is 19.5 Å². The lowest BCUT2D eigenvalue weighted by atomic mass is 10.1. The fourth-order valence-electron chi connectivity index (χ4n) is 0.973. The predicted octanol–water partition coefficient (Wildman–Crippen LogP) is 1.98. The SMILES string of the molecule is COc1cncc(C#N)c1C(F)(F)F. The molecule has 1 rings (SSSR count). The van der Waals surface area contributed by atoms with Crippen LogP contribution in [0.5, 0.6) is 5.75 Å². The average Bonchev–Trinajstić information content (AvgIpc) is 2.15. The van der Waals surface area contributed by atoms with Crippen LogP contribution in [0.15, 0.2) is 12.4 Å². The molecule has 6 heteroatoms. The number of nitriles is 1. The maximum absolute atomic E-state index is 12.4. The van der Waals surface area contributed by atoms with Gasteiger partial charge in [-0.15, -0.1) is 0 Å². The molecule has 0 radical (unpaired) electrons. The number of halogens is 3. The van der Waals surface area contributed by atoms with Gasteiger partial charge in [-0.25, -0.2) is 0 Å². The fourth-order valence-corrected chi connectivity index (χ4v) is 0.973. The van der Waals surface area contributed by atoms with Gasteiger partial charge in [-0.1, -0.05) is 0 Å². The van der Waals surface area contributed by atoms with E-state index in [2.05, 4.69) is 9.72 Å². The monoisotopic (exact) mass is 202 g/mol. The minimum atomic E-state index is -4.61. The van der Waals surface area contributed by atoms with Gasteiger partial charge < -0.3 is 4.74 Å². The summed E-state index contributed by atoms with van der Waals surface area (Å²) in [6.45, 7) is 0. The van der Waals surface area contributed by atoms with Crippen molar-refractivity contribution < 1.29 is 17.9 Å². The highest BCUT2D eigenvalue weighted by molar-refractivity contribution is 5.45. The third kappa shape index (κ3) is 1.76. The van der Waals surface area contributed by atoms with E-state index in [1.807, 2.05) is 0 Å². The topological polar surface area (TPSA) is 45.9 Å². The number of nitrogens with zero attached hydrogens (tertiary/aromatic N) is 2. The van der Waals surface area contributed by atoms with E-state index in [1.165, 1.54) is 6.07 Å². The lowest BCUT2D eigenvalue weighted by Gasteiger charge is -2.11. The Labute approximate surface area is 77.7 Å². The van der Waals surface area contributed by atoms with Crippen LogP contribution in [0.4, 0.5) is 13.2 Å². The first-order chi connectivity index (χ1) is 6.50. The van der Waals surface area contributed by atoms with E-state index in [1.54, 1.807) is 0 Å². The number of aromatic nitrogens is 1. The predicted molar refractivity (Wildman–Crippen MR) is 40.5 cm³/mol. The summed E-state index contributed by atoms with van der Waals surface area (Å²) >= 11 is 0. The number of hydrogen-bond acceptors (Lipinski definition) is 3. The van der Waals surface area contributed by atoms with Crippen LogP contribution in [-0.4, -0.2) is 12.1 Å². The summed E-state index contributed by atoms with van der Waals surface area (Å²) in [7, 11) is 1.09. The van der Waals surface area contributed by atoms with Crippen LogP contribution in [0.1, 0.15) is 11.1 Å². The van der Waals surface area contributed by atoms with Gasteiger partial charge in [0.2, 0.25) is 0 Å². The second-order valence-corrected chi connectivity index (χ2v) is 2.37. The smallest absolute Gasteiger partial charge is 0.421 e. The zero-order chi connectivity index (χ0) is 10.8. The van der Waals surface area contributed by atoms with Crippen LogP contribution in [0.3, 0.4) is 0 Å². The van der Waals surface area contributed by atoms with Gasteiger partial charge in [0.05, 0.1) is 18.9 Å². The highest BCUT2D eigenvalue weighted by Gasteiger charge is 2.37. The molecule has 1 heterocycles. The zero-order valence-corrected chi connectivity index (χ0v) is 7.09. The van der Waals surface area contributed by atoms with E-state index >= 15 is 0 Å². The Balaban J connectivity index is 3.44. The van der Waals surface area contributed by atoms with Crippen LogP contribution in [0.25, 0.3) is 0 Å². The molecular formula is C8H5F3N2O. The van der Waals surface area contributed by atoms with E-state index in [0.29, 0.717) is 0 Å². The average molecular weight is 202 g/mol. The highest BCUT2D eigenvalue weighted by atomic mass is 19.4. The molecule has 0 amide bonds. The molecule has 74 valence electrons. The van der Waals surface area contributed by atoms with E-state index in [4.69, 9.17) is 5.26 Å². The lowest BCUT2D eigenvalue weighted by Crippen LogP contribution is -2.10. The maximum atomic E-state index is 12.4. The van der Waals surface area contributed by atoms with Crippen molar-refractivity contribution in [3.05, 3.63) is 23.5 Å². The quantitative estimate of drug-likeness (QED) is 0.699. The molecule has 0 aliphatic carbocycles. The van der Waals surface area contributed by atoms with Gasteiger partial charge >= 0.3 is 6.18 Å². The molecule has 0 aromatic carbocycles. The second kappa shape index (κ2) is 3.54. The van der Waals surface area contributed by atoms with Crippen molar-refractivity contribution in [2.75, 3.05) is 7.11 Å². The van der Waals surface area contributed by atoms with Crippen LogP contribution in [0, 0.1) is 11.3 Å². The number of rotatable bonds is 1. The van der Waals surface area contributed by atoms with Crippen LogP contribution < -0.4 is 4.74 Å². The summed E-state index contributed by atoms with van der Waals surface area (Å²) in [6.07, 6.45) is -2.84. The summed E-state index contributed by atoms with van der Waals surface area (Å²) in [6, 6.07) is 1.41. The maximum Gasteiger partial charge on any atom is 0.421 e. The summed E-state index contributed by atoms with van der Waals surface area (Å²) < 4.78 is 41.8. The number of hydrogen-bond donors (Lipinski definition) is 0. The van der Waals surface area contributed by atoms with E-state index in [9.17, 15) is 13.2 Å². The summed E-state index contributed by atoms with van der Waals surface area (Å²) in [5.41, 5.74) is -1.63. The normalized spacial score (nSPS) is 10.8. The van der Waals surface area contributed by atoms with Gasteiger partial charge in [-0.05, 0) is 0 Å². The van der Waals surface area contributed by atoms with Crippen molar-refractivity contribution in [2.45, 2.75) is 6.18 Å². The zero-order valence-electron chi connectivity index (χ0n) is 7.09. The Hall–Kier alpha value is -1.77. The molecule has 0 saturated heterocycles. The van der Waals surface area contributed by atoms with Gasteiger partial charge in [0.25, 0.3) is 0 Å². The van der Waals surface area contributed by atoms with Gasteiger partial charge in [0, 0.05) is 6.20 Å². The third-order valence-corrected chi connectivity index (χ3v) is 1.54. The molecule has 0 unspecified atom stereocenters. The van der Waals surface area contributed by atoms with Crippen LogP contribution in [-0.2, 0) is 6.18 Å². The summed E-state index contributed by atoms with van der Waals surface area (Å²) in [4.78, 5) is 3.45.